The van der Waals surface area contributed by atoms with Gasteiger partial charge in [-0.3, -0.25) is 9.59 Å². The smallest absolute Gasteiger partial charge is 0.306 e. The van der Waals surface area contributed by atoms with Crippen LogP contribution in [-0.2, 0) is 28.6 Å². The number of carbonyl (C=O) groups is 3. The SMILES string of the molecule is CCCCC/C=C/C/C=C/C/C=C/CCCCCCCCCCCC(=O)OC(COCCC(C(=O)[O-])[N+](C)(C)C)COC(=O)CCCCCCC/C=C/C=C/CCCCCCCCC. The largest absolute Gasteiger partial charge is 0.544 e. The lowest BCUT2D eigenvalue weighted by molar-refractivity contribution is -0.889. The first kappa shape index (κ1) is 61.0. The first-order valence-corrected chi connectivity index (χ1v) is 26.3. The van der Waals surface area contributed by atoms with Gasteiger partial charge >= 0.3 is 11.9 Å². The van der Waals surface area contributed by atoms with Crippen molar-refractivity contribution in [3.63, 3.8) is 0 Å². The Balaban J connectivity index is 4.28. The average Bonchev–Trinajstić information content (AvgIpc) is 3.26. The first-order chi connectivity index (χ1) is 31.1. The van der Waals surface area contributed by atoms with Crippen LogP contribution in [-0.4, -0.2) is 75.5 Å². The number of hydrogen-bond acceptors (Lipinski definition) is 7. The number of allylic oxidation sites excluding steroid dienone is 10. The summed E-state index contributed by atoms with van der Waals surface area (Å²) in [4.78, 5) is 37.1. The van der Waals surface area contributed by atoms with Crippen molar-refractivity contribution in [2.45, 2.75) is 238 Å². The van der Waals surface area contributed by atoms with Crippen molar-refractivity contribution < 1.29 is 38.2 Å². The van der Waals surface area contributed by atoms with Crippen LogP contribution in [0.15, 0.2) is 60.8 Å². The number of unbranched alkanes of at least 4 members (excludes halogenated alkanes) is 24. The van der Waals surface area contributed by atoms with Crippen molar-refractivity contribution in [2.24, 2.45) is 0 Å². The van der Waals surface area contributed by atoms with Gasteiger partial charge in [0, 0.05) is 19.3 Å². The molecule has 0 saturated heterocycles. The third kappa shape index (κ3) is 44.2. The molecule has 0 aliphatic heterocycles. The first-order valence-electron chi connectivity index (χ1n) is 26.3. The second kappa shape index (κ2) is 46.6. The molecule has 0 aromatic carbocycles. The minimum Gasteiger partial charge on any atom is -0.544 e. The fourth-order valence-electron chi connectivity index (χ4n) is 7.54. The molecule has 0 spiro atoms. The topological polar surface area (TPSA) is 102 Å². The van der Waals surface area contributed by atoms with Gasteiger partial charge in [-0.1, -0.05) is 190 Å². The number of likely N-dealkylation sites (N-methyl/N-ethyl adjacent to an activating group) is 1. The highest BCUT2D eigenvalue weighted by molar-refractivity contribution is 5.70. The Hall–Kier alpha value is -2.97. The van der Waals surface area contributed by atoms with E-state index in [1.54, 1.807) is 21.1 Å². The summed E-state index contributed by atoms with van der Waals surface area (Å²) in [6.07, 6.45) is 58.2. The molecule has 0 bridgehead atoms. The lowest BCUT2D eigenvalue weighted by Gasteiger charge is -2.34. The highest BCUT2D eigenvalue weighted by Gasteiger charge is 2.25. The molecule has 0 fully saturated rings. The van der Waals surface area contributed by atoms with Crippen LogP contribution in [0.25, 0.3) is 0 Å². The second-order valence-electron chi connectivity index (χ2n) is 18.8. The maximum absolute atomic E-state index is 12.8. The number of esters is 2. The van der Waals surface area contributed by atoms with E-state index >= 15 is 0 Å². The molecular weight excluding hydrogens is 799 g/mol. The number of nitrogens with zero attached hydrogens (tertiary/aromatic N) is 1. The van der Waals surface area contributed by atoms with E-state index in [1.807, 2.05) is 0 Å². The summed E-state index contributed by atoms with van der Waals surface area (Å²) >= 11 is 0. The highest BCUT2D eigenvalue weighted by atomic mass is 16.6. The highest BCUT2D eigenvalue weighted by Crippen LogP contribution is 2.15. The summed E-state index contributed by atoms with van der Waals surface area (Å²) in [6.45, 7) is 4.62. The van der Waals surface area contributed by atoms with Crippen LogP contribution in [0.2, 0.25) is 0 Å². The molecule has 0 aliphatic carbocycles. The Labute approximate surface area is 394 Å². The van der Waals surface area contributed by atoms with Crippen molar-refractivity contribution in [1.29, 1.82) is 0 Å². The summed E-state index contributed by atoms with van der Waals surface area (Å²) in [5, 5.41) is 11.7. The number of carboxylic acid groups (broad SMARTS) is 1. The minimum atomic E-state index is -1.13. The van der Waals surface area contributed by atoms with Gasteiger partial charge in [-0.25, -0.2) is 0 Å². The van der Waals surface area contributed by atoms with Crippen LogP contribution in [0.3, 0.4) is 0 Å². The summed E-state index contributed by atoms with van der Waals surface area (Å²) in [6, 6.07) is -0.732. The number of hydrogen-bond donors (Lipinski definition) is 0. The summed E-state index contributed by atoms with van der Waals surface area (Å²) in [7, 11) is 5.41. The van der Waals surface area contributed by atoms with Crippen LogP contribution in [0, 0.1) is 0 Å². The Kier molecular flexibility index (Phi) is 44.4. The lowest BCUT2D eigenvalue weighted by atomic mass is 10.1. The van der Waals surface area contributed by atoms with Gasteiger partial charge in [0.05, 0.1) is 40.3 Å². The second-order valence-corrected chi connectivity index (χ2v) is 18.8. The zero-order valence-corrected chi connectivity index (χ0v) is 42.2. The number of carbonyl (C=O) groups excluding carboxylic acids is 3. The maximum atomic E-state index is 12.8. The quantitative estimate of drug-likeness (QED) is 0.0197. The Morgan fingerprint density at radius 1 is 0.484 bits per heavy atom. The van der Waals surface area contributed by atoms with Gasteiger partial charge in [-0.15, -0.1) is 0 Å². The lowest BCUT2D eigenvalue weighted by Crippen LogP contribution is -2.55. The van der Waals surface area contributed by atoms with E-state index in [4.69, 9.17) is 14.2 Å². The van der Waals surface area contributed by atoms with Gasteiger partial charge < -0.3 is 28.6 Å². The standard InChI is InChI=1S/C56H99NO7/c1-6-8-10-12-14-16-18-20-22-24-26-27-28-29-31-33-35-37-39-41-43-45-47-55(59)64-52(50-62-49-48-53(56(60)61)57(3,4)5)51-63-54(58)46-44-42-40-38-36-34-32-30-25-23-21-19-17-15-13-11-9-7-2/h14,16,20,22-23,25-27,30,32,52-53H,6-13,15,17-19,21,24,28-29,31,33-51H2,1-5H3/b16-14+,22-20+,25-23+,27-26+,32-30+. The molecule has 370 valence electrons. The molecule has 8 heteroatoms. The average molecular weight is 898 g/mol. The van der Waals surface area contributed by atoms with Crippen molar-refractivity contribution >= 4 is 17.9 Å². The van der Waals surface area contributed by atoms with E-state index in [0.717, 1.165) is 77.0 Å². The molecule has 0 heterocycles. The van der Waals surface area contributed by atoms with Gasteiger partial charge in [0.25, 0.3) is 0 Å². The number of aliphatic carboxylic acids is 1. The molecule has 2 unspecified atom stereocenters. The molecule has 0 N–H and O–H groups in total. The van der Waals surface area contributed by atoms with Crippen molar-refractivity contribution in [3.8, 4) is 0 Å². The Morgan fingerprint density at radius 3 is 1.34 bits per heavy atom. The number of carboxylic acids is 1. The molecule has 0 aromatic rings. The Bertz CT molecular complexity index is 1230. The van der Waals surface area contributed by atoms with E-state index in [0.29, 0.717) is 12.8 Å². The van der Waals surface area contributed by atoms with Crippen molar-refractivity contribution in [3.05, 3.63) is 60.8 Å². The normalized spacial score (nSPS) is 13.3. The number of ether oxygens (including phenoxy) is 3. The van der Waals surface area contributed by atoms with Gasteiger partial charge in [-0.2, -0.15) is 0 Å². The van der Waals surface area contributed by atoms with E-state index in [-0.39, 0.29) is 42.7 Å². The number of quaternary nitrogens is 1. The summed E-state index contributed by atoms with van der Waals surface area (Å²) < 4.78 is 17.2. The van der Waals surface area contributed by atoms with E-state index in [2.05, 4.69) is 74.6 Å². The fraction of sp³-hybridized carbons (Fsp3) is 0.768. The van der Waals surface area contributed by atoms with Gasteiger partial charge in [0.1, 0.15) is 12.6 Å². The van der Waals surface area contributed by atoms with Crippen LogP contribution in [0.4, 0.5) is 0 Å². The monoisotopic (exact) mass is 898 g/mol. The zero-order chi connectivity index (χ0) is 47.0. The molecule has 0 rings (SSSR count). The molecule has 0 amide bonds. The predicted molar refractivity (Wildman–Crippen MR) is 268 cm³/mol. The molecule has 0 saturated carbocycles. The van der Waals surface area contributed by atoms with Gasteiger partial charge in [-0.05, 0) is 77.0 Å². The van der Waals surface area contributed by atoms with Gasteiger partial charge in [0.15, 0.2) is 6.10 Å². The third-order valence-electron chi connectivity index (χ3n) is 11.7. The molecule has 64 heavy (non-hydrogen) atoms. The fourth-order valence-corrected chi connectivity index (χ4v) is 7.54. The van der Waals surface area contributed by atoms with Crippen molar-refractivity contribution in [1.82, 2.24) is 0 Å². The summed E-state index contributed by atoms with van der Waals surface area (Å²) in [5.41, 5.74) is 0. The van der Waals surface area contributed by atoms with E-state index in [9.17, 15) is 19.5 Å². The van der Waals surface area contributed by atoms with Gasteiger partial charge in [0.2, 0.25) is 0 Å². The van der Waals surface area contributed by atoms with Crippen LogP contribution in [0.5, 0.6) is 0 Å². The molecule has 8 nitrogen and oxygen atoms in total. The molecule has 0 aliphatic rings. The maximum Gasteiger partial charge on any atom is 0.306 e. The molecular formula is C56H99NO7. The van der Waals surface area contributed by atoms with Crippen LogP contribution < -0.4 is 5.11 Å². The zero-order valence-electron chi connectivity index (χ0n) is 42.2. The molecule has 0 radical (unpaired) electrons. The number of rotatable bonds is 47. The molecule has 0 aromatic heterocycles. The summed E-state index contributed by atoms with van der Waals surface area (Å²) in [5.74, 6) is -1.76. The third-order valence-corrected chi connectivity index (χ3v) is 11.7. The van der Waals surface area contributed by atoms with E-state index in [1.165, 1.54) is 116 Å². The van der Waals surface area contributed by atoms with Crippen molar-refractivity contribution in [2.75, 3.05) is 41.0 Å². The predicted octanol–water partition coefficient (Wildman–Crippen LogP) is 14.0. The van der Waals surface area contributed by atoms with Crippen LogP contribution in [0.1, 0.15) is 226 Å². The Morgan fingerprint density at radius 2 is 0.875 bits per heavy atom. The van der Waals surface area contributed by atoms with Crippen LogP contribution >= 0.6 is 0 Å². The van der Waals surface area contributed by atoms with E-state index < -0.39 is 18.1 Å². The molecule has 2 atom stereocenters. The minimum absolute atomic E-state index is 0.0321.